The van der Waals surface area contributed by atoms with Gasteiger partial charge in [-0.3, -0.25) is 14.2 Å². The van der Waals surface area contributed by atoms with Crippen molar-refractivity contribution in [3.8, 4) is 0 Å². The molecule has 4 heteroatoms. The molecule has 1 aromatic rings. The summed E-state index contributed by atoms with van der Waals surface area (Å²) in [6.45, 7) is 5.43. The van der Waals surface area contributed by atoms with Crippen molar-refractivity contribution in [2.24, 2.45) is 5.41 Å². The van der Waals surface area contributed by atoms with Crippen molar-refractivity contribution in [2.45, 2.75) is 20.8 Å². The molecule has 0 bridgehead atoms. The molecule has 0 fully saturated rings. The zero-order chi connectivity index (χ0) is 11.6. The molecule has 0 N–H and O–H groups in total. The van der Waals surface area contributed by atoms with Crippen LogP contribution in [0.3, 0.4) is 0 Å². The molecule has 0 aromatic carbocycles. The second-order valence-corrected chi connectivity index (χ2v) is 4.64. The van der Waals surface area contributed by atoms with Crippen LogP contribution in [0.5, 0.6) is 0 Å². The molecule has 0 aliphatic rings. The number of aromatic nitrogens is 1. The monoisotopic (exact) mass is 227 g/mol. The number of halogens is 1. The molecule has 0 atom stereocenters. The lowest BCUT2D eigenvalue weighted by Gasteiger charge is -2.18. The minimum Gasteiger partial charge on any atom is -0.291 e. The van der Waals surface area contributed by atoms with E-state index >= 15 is 0 Å². The number of ketones is 1. The van der Waals surface area contributed by atoms with E-state index in [0.717, 1.165) is 0 Å². The number of nitrogens with zero attached hydrogens (tertiary/aromatic N) is 1. The first kappa shape index (κ1) is 12.0. The molecule has 15 heavy (non-hydrogen) atoms. The lowest BCUT2D eigenvalue weighted by atomic mass is 9.95. The largest absolute Gasteiger partial charge is 0.291 e. The summed E-state index contributed by atoms with van der Waals surface area (Å²) in [4.78, 5) is 23.4. The molecule has 1 rings (SSSR count). The van der Waals surface area contributed by atoms with Gasteiger partial charge >= 0.3 is 0 Å². The highest BCUT2D eigenvalue weighted by Gasteiger charge is 2.25. The average molecular weight is 228 g/mol. The van der Waals surface area contributed by atoms with Gasteiger partial charge in [0.2, 0.25) is 5.91 Å². The van der Waals surface area contributed by atoms with E-state index in [2.05, 4.69) is 0 Å². The number of carbonyl (C=O) groups is 2. The molecule has 1 aromatic heterocycles. The lowest BCUT2D eigenvalue weighted by molar-refractivity contribution is 0.0755. The number of alkyl halides is 1. The number of hydrogen-bond donors (Lipinski definition) is 0. The van der Waals surface area contributed by atoms with E-state index in [4.69, 9.17) is 11.6 Å². The van der Waals surface area contributed by atoms with Crippen LogP contribution < -0.4 is 0 Å². The van der Waals surface area contributed by atoms with Crippen molar-refractivity contribution >= 4 is 23.3 Å². The van der Waals surface area contributed by atoms with Crippen molar-refractivity contribution < 1.29 is 9.59 Å². The summed E-state index contributed by atoms with van der Waals surface area (Å²) in [5.41, 5.74) is -0.162. The van der Waals surface area contributed by atoms with Gasteiger partial charge in [0.25, 0.3) is 0 Å². The maximum Gasteiger partial charge on any atom is 0.236 e. The average Bonchev–Trinajstić information content (AvgIpc) is 2.62. The topological polar surface area (TPSA) is 39.1 Å². The van der Waals surface area contributed by atoms with Gasteiger partial charge in [-0.2, -0.15) is 0 Å². The molecular weight excluding hydrogens is 214 g/mol. The normalized spacial score (nSPS) is 11.5. The maximum atomic E-state index is 11.9. The lowest BCUT2D eigenvalue weighted by Crippen LogP contribution is -2.28. The van der Waals surface area contributed by atoms with Crippen LogP contribution in [0.1, 0.15) is 36.1 Å². The van der Waals surface area contributed by atoms with Gasteiger partial charge < -0.3 is 0 Å². The molecule has 0 aliphatic heterocycles. The van der Waals surface area contributed by atoms with Crippen molar-refractivity contribution in [3.63, 3.8) is 0 Å². The SMILES string of the molecule is CC(C)(C)C(=O)n1cccc1C(=O)CCl. The van der Waals surface area contributed by atoms with E-state index in [1.807, 2.05) is 20.8 Å². The summed E-state index contributed by atoms with van der Waals surface area (Å²) in [6, 6.07) is 3.28. The fourth-order valence-corrected chi connectivity index (χ4v) is 1.35. The summed E-state index contributed by atoms with van der Waals surface area (Å²) in [6.07, 6.45) is 1.59. The zero-order valence-electron chi connectivity index (χ0n) is 9.08. The third kappa shape index (κ3) is 2.48. The predicted octanol–water partition coefficient (Wildman–Crippen LogP) is 2.60. The van der Waals surface area contributed by atoms with Crippen LogP contribution in [0.15, 0.2) is 18.3 Å². The van der Waals surface area contributed by atoms with Crippen LogP contribution in [0.2, 0.25) is 0 Å². The molecular formula is C11H14ClNO2. The first-order valence-corrected chi connectivity index (χ1v) is 5.22. The molecule has 0 amide bonds. The summed E-state index contributed by atoms with van der Waals surface area (Å²) in [7, 11) is 0. The Balaban J connectivity index is 3.11. The van der Waals surface area contributed by atoms with Crippen LogP contribution in [-0.2, 0) is 0 Å². The Bertz CT molecular complexity index is 388. The quantitative estimate of drug-likeness (QED) is 0.576. The van der Waals surface area contributed by atoms with Gasteiger partial charge in [0, 0.05) is 11.6 Å². The second-order valence-electron chi connectivity index (χ2n) is 4.38. The summed E-state index contributed by atoms with van der Waals surface area (Å²) >= 11 is 5.46. The van der Waals surface area contributed by atoms with E-state index in [-0.39, 0.29) is 17.6 Å². The Morgan fingerprint density at radius 1 is 1.40 bits per heavy atom. The highest BCUT2D eigenvalue weighted by Crippen LogP contribution is 2.18. The number of Topliss-reactive ketones (excluding diaryl/α,β-unsaturated/α-hetero) is 1. The fraction of sp³-hybridized carbons (Fsp3) is 0.455. The molecule has 0 spiro atoms. The van der Waals surface area contributed by atoms with E-state index in [1.165, 1.54) is 4.57 Å². The summed E-state index contributed by atoms with van der Waals surface area (Å²) in [5, 5.41) is 0. The third-order valence-corrected chi connectivity index (χ3v) is 2.26. The van der Waals surface area contributed by atoms with Gasteiger partial charge in [0.05, 0.1) is 11.6 Å². The summed E-state index contributed by atoms with van der Waals surface area (Å²) in [5.74, 6) is -0.457. The number of rotatable bonds is 2. The van der Waals surface area contributed by atoms with E-state index in [1.54, 1.807) is 18.3 Å². The van der Waals surface area contributed by atoms with Gasteiger partial charge in [-0.1, -0.05) is 20.8 Å². The number of carbonyl (C=O) groups excluding carboxylic acids is 2. The van der Waals surface area contributed by atoms with Gasteiger partial charge in [-0.25, -0.2) is 0 Å². The van der Waals surface area contributed by atoms with Gasteiger partial charge in [0.15, 0.2) is 5.78 Å². The fourth-order valence-electron chi connectivity index (χ4n) is 1.22. The first-order chi connectivity index (χ1) is 6.88. The highest BCUT2D eigenvalue weighted by molar-refractivity contribution is 6.30. The van der Waals surface area contributed by atoms with Crippen molar-refractivity contribution in [1.29, 1.82) is 0 Å². The Morgan fingerprint density at radius 2 is 2.00 bits per heavy atom. The Kier molecular flexibility index (Phi) is 3.35. The van der Waals surface area contributed by atoms with Gasteiger partial charge in [-0.05, 0) is 12.1 Å². The van der Waals surface area contributed by atoms with E-state index in [0.29, 0.717) is 5.69 Å². The van der Waals surface area contributed by atoms with Crippen molar-refractivity contribution in [1.82, 2.24) is 4.57 Å². The standard InChI is InChI=1S/C11H14ClNO2/c1-11(2,3)10(15)13-6-4-5-8(13)9(14)7-12/h4-6H,7H2,1-3H3. The molecule has 0 aliphatic carbocycles. The first-order valence-electron chi connectivity index (χ1n) is 4.69. The van der Waals surface area contributed by atoms with Crippen LogP contribution in [0.4, 0.5) is 0 Å². The minimum atomic E-state index is -0.514. The van der Waals surface area contributed by atoms with Gasteiger partial charge in [0.1, 0.15) is 0 Å². The van der Waals surface area contributed by atoms with Crippen LogP contribution >= 0.6 is 11.6 Å². The molecule has 0 unspecified atom stereocenters. The van der Waals surface area contributed by atoms with E-state index in [9.17, 15) is 9.59 Å². The van der Waals surface area contributed by atoms with Crippen LogP contribution in [0.25, 0.3) is 0 Å². The third-order valence-electron chi connectivity index (χ3n) is 2.02. The smallest absolute Gasteiger partial charge is 0.236 e. The van der Waals surface area contributed by atoms with Gasteiger partial charge in [-0.15, -0.1) is 11.6 Å². The minimum absolute atomic E-state index is 0.110. The number of hydrogen-bond acceptors (Lipinski definition) is 2. The van der Waals surface area contributed by atoms with E-state index < -0.39 is 5.41 Å². The van der Waals surface area contributed by atoms with Crippen LogP contribution in [-0.4, -0.2) is 22.1 Å². The zero-order valence-corrected chi connectivity index (χ0v) is 9.84. The van der Waals surface area contributed by atoms with Crippen LogP contribution in [0, 0.1) is 5.41 Å². The highest BCUT2D eigenvalue weighted by atomic mass is 35.5. The maximum absolute atomic E-state index is 11.9. The Morgan fingerprint density at radius 3 is 2.47 bits per heavy atom. The molecule has 0 saturated carbocycles. The Labute approximate surface area is 94.0 Å². The predicted molar refractivity (Wildman–Crippen MR) is 59.6 cm³/mol. The molecule has 1 heterocycles. The Hall–Kier alpha value is -1.09. The van der Waals surface area contributed by atoms with Crippen molar-refractivity contribution in [3.05, 3.63) is 24.0 Å². The molecule has 0 radical (unpaired) electrons. The van der Waals surface area contributed by atoms with Crippen molar-refractivity contribution in [2.75, 3.05) is 5.88 Å². The molecule has 82 valence electrons. The molecule has 3 nitrogen and oxygen atoms in total. The molecule has 0 saturated heterocycles. The second kappa shape index (κ2) is 4.19. The summed E-state index contributed by atoms with van der Waals surface area (Å²) < 4.78 is 1.37.